The van der Waals surface area contributed by atoms with Crippen molar-refractivity contribution in [1.82, 2.24) is 4.98 Å². The molecule has 2 rings (SSSR count). The lowest BCUT2D eigenvalue weighted by atomic mass is 10.1. The molecule has 5 heteroatoms. The maximum absolute atomic E-state index is 5.75. The van der Waals surface area contributed by atoms with E-state index in [0.717, 1.165) is 28.7 Å². The normalized spacial score (nSPS) is 10.2. The third-order valence-corrected chi connectivity index (χ3v) is 3.60. The molecule has 0 bridgehead atoms. The van der Waals surface area contributed by atoms with Gasteiger partial charge >= 0.3 is 0 Å². The second-order valence-corrected chi connectivity index (χ2v) is 5.35. The molecule has 1 heterocycles. The molecule has 0 aliphatic carbocycles. The van der Waals surface area contributed by atoms with E-state index in [0.29, 0.717) is 4.99 Å². The smallest absolute Gasteiger partial charge is 0.107 e. The average molecular weight is 336 g/mol. The molecular weight excluding hydrogens is 322 g/mol. The number of thiocarbonyl (C=S) groups is 1. The summed E-state index contributed by atoms with van der Waals surface area (Å²) in [4.78, 5) is 4.39. The number of hydrogen-bond donors (Lipinski definition) is 2. The van der Waals surface area contributed by atoms with Crippen LogP contribution in [0.25, 0.3) is 0 Å². The number of benzene rings is 1. The van der Waals surface area contributed by atoms with Gasteiger partial charge in [-0.3, -0.25) is 4.98 Å². The topological polar surface area (TPSA) is 50.9 Å². The quantitative estimate of drug-likeness (QED) is 0.824. The largest absolute Gasteiger partial charge is 0.389 e. The molecule has 0 saturated carbocycles. The van der Waals surface area contributed by atoms with Crippen LogP contribution in [0.15, 0.2) is 47.2 Å². The van der Waals surface area contributed by atoms with Gasteiger partial charge in [0.15, 0.2) is 0 Å². The molecule has 0 amide bonds. The molecule has 0 fully saturated rings. The lowest BCUT2D eigenvalue weighted by Gasteiger charge is -2.12. The minimum atomic E-state index is 0.388. The first-order valence-electron chi connectivity index (χ1n) is 5.89. The molecule has 0 unspecified atom stereocenters. The Bertz CT molecular complexity index is 572. The summed E-state index contributed by atoms with van der Waals surface area (Å²) < 4.78 is 0.911. The van der Waals surface area contributed by atoms with Crippen molar-refractivity contribution >= 4 is 38.8 Å². The molecule has 1 aromatic carbocycles. The zero-order chi connectivity index (χ0) is 13.7. The first kappa shape index (κ1) is 14.0. The summed E-state index contributed by atoms with van der Waals surface area (Å²) in [6, 6.07) is 9.89. The zero-order valence-electron chi connectivity index (χ0n) is 10.3. The van der Waals surface area contributed by atoms with Gasteiger partial charge in [0.2, 0.25) is 0 Å². The van der Waals surface area contributed by atoms with Gasteiger partial charge in [-0.05, 0) is 52.2 Å². The Morgan fingerprint density at radius 1 is 1.26 bits per heavy atom. The minimum Gasteiger partial charge on any atom is -0.389 e. The number of aromatic nitrogens is 1. The zero-order valence-corrected chi connectivity index (χ0v) is 12.7. The van der Waals surface area contributed by atoms with Crippen molar-refractivity contribution in [1.29, 1.82) is 0 Å². The highest BCUT2D eigenvalue weighted by Gasteiger charge is 2.08. The van der Waals surface area contributed by atoms with Crippen LogP contribution in [0.4, 0.5) is 5.69 Å². The van der Waals surface area contributed by atoms with Crippen LogP contribution in [0.1, 0.15) is 11.1 Å². The van der Waals surface area contributed by atoms with Crippen LogP contribution in [0.5, 0.6) is 0 Å². The van der Waals surface area contributed by atoms with Gasteiger partial charge in [0.25, 0.3) is 0 Å². The summed E-state index contributed by atoms with van der Waals surface area (Å²) in [7, 11) is 0. The van der Waals surface area contributed by atoms with Crippen LogP contribution in [-0.4, -0.2) is 16.5 Å². The van der Waals surface area contributed by atoms with Gasteiger partial charge < -0.3 is 11.1 Å². The van der Waals surface area contributed by atoms with E-state index >= 15 is 0 Å². The first-order chi connectivity index (χ1) is 9.18. The number of rotatable bonds is 5. The number of nitrogens with two attached hydrogens (primary N) is 1. The molecule has 0 aliphatic heterocycles. The van der Waals surface area contributed by atoms with E-state index in [1.807, 2.05) is 30.3 Å². The van der Waals surface area contributed by atoms with Gasteiger partial charge in [-0.2, -0.15) is 0 Å². The van der Waals surface area contributed by atoms with Crippen molar-refractivity contribution in [3.8, 4) is 0 Å². The predicted octanol–water partition coefficient (Wildman–Crippen LogP) is 3.13. The van der Waals surface area contributed by atoms with Crippen molar-refractivity contribution in [2.45, 2.75) is 6.42 Å². The maximum atomic E-state index is 5.75. The third-order valence-electron chi connectivity index (χ3n) is 2.74. The highest BCUT2D eigenvalue weighted by atomic mass is 79.9. The number of halogens is 1. The number of anilines is 1. The molecular formula is C14H14BrN3S. The molecule has 0 atom stereocenters. The van der Waals surface area contributed by atoms with E-state index < -0.39 is 0 Å². The summed E-state index contributed by atoms with van der Waals surface area (Å²) in [5, 5.41) is 3.37. The molecule has 0 saturated heterocycles. The van der Waals surface area contributed by atoms with Crippen LogP contribution < -0.4 is 11.1 Å². The summed E-state index contributed by atoms with van der Waals surface area (Å²) >= 11 is 8.55. The molecule has 0 aliphatic rings. The van der Waals surface area contributed by atoms with E-state index in [9.17, 15) is 0 Å². The van der Waals surface area contributed by atoms with Gasteiger partial charge in [-0.1, -0.05) is 18.3 Å². The van der Waals surface area contributed by atoms with Crippen LogP contribution >= 0.6 is 28.1 Å². The Morgan fingerprint density at radius 2 is 2.00 bits per heavy atom. The second-order valence-electron chi connectivity index (χ2n) is 4.06. The molecule has 1 aromatic heterocycles. The second kappa shape index (κ2) is 6.63. The van der Waals surface area contributed by atoms with Crippen LogP contribution in [0, 0.1) is 0 Å². The minimum absolute atomic E-state index is 0.388. The fourth-order valence-electron chi connectivity index (χ4n) is 1.81. The highest BCUT2D eigenvalue weighted by Crippen LogP contribution is 2.24. The predicted molar refractivity (Wildman–Crippen MR) is 86.5 cm³/mol. The molecule has 0 radical (unpaired) electrons. The van der Waals surface area contributed by atoms with E-state index in [1.165, 1.54) is 5.56 Å². The third kappa shape index (κ3) is 3.75. The van der Waals surface area contributed by atoms with Crippen molar-refractivity contribution < 1.29 is 0 Å². The van der Waals surface area contributed by atoms with Crippen LogP contribution in [-0.2, 0) is 6.42 Å². The Labute approximate surface area is 126 Å². The van der Waals surface area contributed by atoms with Gasteiger partial charge in [-0.25, -0.2) is 0 Å². The van der Waals surface area contributed by atoms with E-state index in [-0.39, 0.29) is 0 Å². The molecule has 19 heavy (non-hydrogen) atoms. The molecule has 3 nitrogen and oxygen atoms in total. The lowest BCUT2D eigenvalue weighted by molar-refractivity contribution is 1.01. The van der Waals surface area contributed by atoms with Gasteiger partial charge in [0.05, 0.1) is 0 Å². The molecule has 98 valence electrons. The van der Waals surface area contributed by atoms with Gasteiger partial charge in [-0.15, -0.1) is 0 Å². The molecule has 2 aromatic rings. The summed E-state index contributed by atoms with van der Waals surface area (Å²) in [5.74, 6) is 0. The SMILES string of the molecule is NC(=S)c1c(Br)cccc1NCCc1ccncc1. The van der Waals surface area contributed by atoms with Crippen molar-refractivity contribution in [3.05, 3.63) is 58.3 Å². The average Bonchev–Trinajstić information content (AvgIpc) is 2.39. The first-order valence-corrected chi connectivity index (χ1v) is 7.09. The Morgan fingerprint density at radius 3 is 2.68 bits per heavy atom. The van der Waals surface area contributed by atoms with Crippen LogP contribution in [0.2, 0.25) is 0 Å². The standard InChI is InChI=1S/C14H14BrN3S/c15-11-2-1-3-12(13(11)14(16)19)18-9-6-10-4-7-17-8-5-10/h1-5,7-8,18H,6,9H2,(H2,16,19). The Kier molecular flexibility index (Phi) is 4.87. The van der Waals surface area contributed by atoms with Crippen molar-refractivity contribution in [2.75, 3.05) is 11.9 Å². The summed E-state index contributed by atoms with van der Waals surface area (Å²) in [6.07, 6.45) is 4.52. The van der Waals surface area contributed by atoms with E-state index in [2.05, 4.69) is 26.2 Å². The van der Waals surface area contributed by atoms with Crippen molar-refractivity contribution in [2.24, 2.45) is 5.73 Å². The molecule has 3 N–H and O–H groups in total. The number of hydrogen-bond acceptors (Lipinski definition) is 3. The number of nitrogens with one attached hydrogen (secondary N) is 1. The summed E-state index contributed by atoms with van der Waals surface area (Å²) in [6.45, 7) is 0.816. The Balaban J connectivity index is 2.04. The fraction of sp³-hybridized carbons (Fsp3) is 0.143. The van der Waals surface area contributed by atoms with E-state index in [1.54, 1.807) is 12.4 Å². The fourth-order valence-corrected chi connectivity index (χ4v) is 2.74. The van der Waals surface area contributed by atoms with Gasteiger partial charge in [0.1, 0.15) is 4.99 Å². The maximum Gasteiger partial charge on any atom is 0.107 e. The number of nitrogens with zero attached hydrogens (tertiary/aromatic N) is 1. The molecule has 0 spiro atoms. The van der Waals surface area contributed by atoms with E-state index in [4.69, 9.17) is 18.0 Å². The summed E-state index contributed by atoms with van der Waals surface area (Å²) in [5.41, 5.74) is 8.80. The Hall–Kier alpha value is -1.46. The highest BCUT2D eigenvalue weighted by molar-refractivity contribution is 9.10. The monoisotopic (exact) mass is 335 g/mol. The lowest BCUT2D eigenvalue weighted by Crippen LogP contribution is -2.15. The number of pyridine rings is 1. The van der Waals surface area contributed by atoms with Crippen LogP contribution in [0.3, 0.4) is 0 Å². The van der Waals surface area contributed by atoms with Crippen molar-refractivity contribution in [3.63, 3.8) is 0 Å². The van der Waals surface area contributed by atoms with Gasteiger partial charge in [0, 0.05) is 34.7 Å².